The largest absolute Gasteiger partial charge is 0.352 e. The third kappa shape index (κ3) is 8.58. The Balaban J connectivity index is 1.88. The van der Waals surface area contributed by atoms with Crippen LogP contribution in [0, 0.1) is 0 Å². The predicted molar refractivity (Wildman–Crippen MR) is 151 cm³/mol. The second-order valence-corrected chi connectivity index (χ2v) is 10.7. The third-order valence-corrected chi connectivity index (χ3v) is 7.69. The number of benzene rings is 3. The second-order valence-electron chi connectivity index (χ2n) is 8.71. The molecule has 7 heteroatoms. The predicted octanol–water partition coefficient (Wildman–Crippen LogP) is 7.03. The lowest BCUT2D eigenvalue weighted by Crippen LogP contribution is -2.52. The van der Waals surface area contributed by atoms with Crippen LogP contribution in [-0.2, 0) is 22.6 Å². The van der Waals surface area contributed by atoms with Gasteiger partial charge >= 0.3 is 0 Å². The molecule has 2 amide bonds. The number of amides is 2. The summed E-state index contributed by atoms with van der Waals surface area (Å²) in [5.74, 6) is 0.383. The van der Waals surface area contributed by atoms with Gasteiger partial charge in [0.05, 0.1) is 10.0 Å². The van der Waals surface area contributed by atoms with Crippen LogP contribution in [0.3, 0.4) is 0 Å². The molecule has 190 valence electrons. The van der Waals surface area contributed by atoms with Gasteiger partial charge in [-0.15, -0.1) is 11.8 Å². The molecule has 4 nitrogen and oxygen atoms in total. The summed E-state index contributed by atoms with van der Waals surface area (Å²) in [4.78, 5) is 30.0. The first kappa shape index (κ1) is 28.1. The minimum Gasteiger partial charge on any atom is -0.352 e. The Morgan fingerprint density at radius 1 is 0.917 bits per heavy atom. The topological polar surface area (TPSA) is 49.4 Å². The molecule has 3 aromatic rings. The molecule has 0 unspecified atom stereocenters. The summed E-state index contributed by atoms with van der Waals surface area (Å²) in [6.07, 6.45) is 1.53. The minimum atomic E-state index is -0.662. The van der Waals surface area contributed by atoms with Gasteiger partial charge in [0.25, 0.3) is 0 Å². The van der Waals surface area contributed by atoms with Crippen LogP contribution in [0.15, 0.2) is 83.8 Å². The molecule has 0 bridgehead atoms. The third-order valence-electron chi connectivity index (χ3n) is 5.94. The van der Waals surface area contributed by atoms with Crippen molar-refractivity contribution in [3.8, 4) is 0 Å². The molecule has 36 heavy (non-hydrogen) atoms. The van der Waals surface area contributed by atoms with Crippen molar-refractivity contribution in [2.45, 2.75) is 56.6 Å². The van der Waals surface area contributed by atoms with Crippen LogP contribution in [0.5, 0.6) is 0 Å². The van der Waals surface area contributed by atoms with Crippen LogP contribution in [0.25, 0.3) is 0 Å². The van der Waals surface area contributed by atoms with Crippen molar-refractivity contribution in [1.82, 2.24) is 10.2 Å². The van der Waals surface area contributed by atoms with Crippen LogP contribution in [0.1, 0.15) is 37.8 Å². The van der Waals surface area contributed by atoms with Gasteiger partial charge in [0.2, 0.25) is 11.8 Å². The Kier molecular flexibility index (Phi) is 11.2. The lowest BCUT2D eigenvalue weighted by Gasteiger charge is -2.32. The summed E-state index contributed by atoms with van der Waals surface area (Å²) in [5.41, 5.74) is 1.82. The molecule has 2 atom stereocenters. The van der Waals surface area contributed by atoms with E-state index in [1.54, 1.807) is 28.8 Å². The van der Waals surface area contributed by atoms with Crippen molar-refractivity contribution in [1.29, 1.82) is 0 Å². The van der Waals surface area contributed by atoms with Gasteiger partial charge in [-0.1, -0.05) is 84.7 Å². The minimum absolute atomic E-state index is 0.00587. The first-order valence-electron chi connectivity index (χ1n) is 12.1. The van der Waals surface area contributed by atoms with E-state index in [9.17, 15) is 9.59 Å². The highest BCUT2D eigenvalue weighted by atomic mass is 35.5. The van der Waals surface area contributed by atoms with E-state index in [1.165, 1.54) is 0 Å². The van der Waals surface area contributed by atoms with E-state index in [2.05, 4.69) is 5.32 Å². The number of halogens is 2. The quantitative estimate of drug-likeness (QED) is 0.250. The average molecular weight is 544 g/mol. The van der Waals surface area contributed by atoms with Gasteiger partial charge in [-0.2, -0.15) is 0 Å². The molecule has 0 radical (unpaired) electrons. The Labute approximate surface area is 228 Å². The number of nitrogens with zero attached hydrogens (tertiary/aromatic N) is 1. The molecular weight excluding hydrogens is 511 g/mol. The molecule has 0 aliphatic rings. The zero-order valence-electron chi connectivity index (χ0n) is 20.6. The number of nitrogens with one attached hydrogen (secondary N) is 1. The smallest absolute Gasteiger partial charge is 0.243 e. The molecule has 0 saturated carbocycles. The zero-order chi connectivity index (χ0) is 25.9. The summed E-state index contributed by atoms with van der Waals surface area (Å²) in [7, 11) is 0. The van der Waals surface area contributed by atoms with E-state index in [4.69, 9.17) is 23.2 Å². The van der Waals surface area contributed by atoms with E-state index < -0.39 is 6.04 Å². The fraction of sp³-hybridized carbons (Fsp3) is 0.310. The van der Waals surface area contributed by atoms with Crippen molar-refractivity contribution < 1.29 is 9.59 Å². The highest BCUT2D eigenvalue weighted by Crippen LogP contribution is 2.25. The van der Waals surface area contributed by atoms with Crippen LogP contribution >= 0.6 is 35.0 Å². The lowest BCUT2D eigenvalue weighted by atomic mass is 10.0. The molecule has 0 spiro atoms. The van der Waals surface area contributed by atoms with Crippen molar-refractivity contribution in [3.63, 3.8) is 0 Å². The Hall–Kier alpha value is -2.47. The van der Waals surface area contributed by atoms with E-state index in [0.29, 0.717) is 28.6 Å². The van der Waals surface area contributed by atoms with Crippen LogP contribution in [0.2, 0.25) is 10.0 Å². The number of hydrogen-bond acceptors (Lipinski definition) is 3. The number of hydrogen-bond donors (Lipinski definition) is 1. The fourth-order valence-electron chi connectivity index (χ4n) is 3.75. The summed E-state index contributed by atoms with van der Waals surface area (Å²) in [5, 5.41) is 3.96. The summed E-state index contributed by atoms with van der Waals surface area (Å²) in [6, 6.07) is 24.5. The van der Waals surface area contributed by atoms with Gasteiger partial charge in [-0.3, -0.25) is 9.59 Å². The van der Waals surface area contributed by atoms with Gasteiger partial charge in [0, 0.05) is 36.1 Å². The fourth-order valence-corrected chi connectivity index (χ4v) is 4.93. The van der Waals surface area contributed by atoms with Gasteiger partial charge in [0.15, 0.2) is 0 Å². The summed E-state index contributed by atoms with van der Waals surface area (Å²) >= 11 is 14.0. The van der Waals surface area contributed by atoms with Crippen LogP contribution < -0.4 is 5.32 Å². The first-order chi connectivity index (χ1) is 17.4. The maximum atomic E-state index is 13.7. The van der Waals surface area contributed by atoms with Crippen molar-refractivity contribution in [2.75, 3.05) is 5.75 Å². The molecule has 3 aromatic carbocycles. The SMILES string of the molecule is CC[C@H](C)NC(=O)[C@H](Cc1ccccc1)N(Cc1ccc(Cl)c(Cl)c1)C(=O)CCSc1ccccc1. The maximum Gasteiger partial charge on any atom is 0.243 e. The molecule has 0 saturated heterocycles. The van der Waals surface area contributed by atoms with Gasteiger partial charge in [-0.25, -0.2) is 0 Å². The van der Waals surface area contributed by atoms with Gasteiger partial charge in [-0.05, 0) is 48.7 Å². The van der Waals surface area contributed by atoms with Crippen molar-refractivity contribution in [2.24, 2.45) is 0 Å². The summed E-state index contributed by atoms with van der Waals surface area (Å²) in [6.45, 7) is 4.26. The number of carbonyl (C=O) groups is 2. The number of thioether (sulfide) groups is 1. The molecule has 3 rings (SSSR count). The number of rotatable bonds is 12. The lowest BCUT2D eigenvalue weighted by molar-refractivity contribution is -0.141. The highest BCUT2D eigenvalue weighted by molar-refractivity contribution is 7.99. The maximum absolute atomic E-state index is 13.7. The standard InChI is InChI=1S/C29H32Cl2N2O2S/c1-3-21(2)32-29(35)27(19-22-10-6-4-7-11-22)33(20-23-14-15-25(30)26(31)18-23)28(34)16-17-36-24-12-8-5-9-13-24/h4-15,18,21,27H,3,16-17,19-20H2,1-2H3,(H,32,35)/t21-,27-/m0/s1. The molecule has 1 N–H and O–H groups in total. The summed E-state index contributed by atoms with van der Waals surface area (Å²) < 4.78 is 0. The molecule has 0 heterocycles. The Morgan fingerprint density at radius 3 is 2.22 bits per heavy atom. The molecule has 0 aliphatic carbocycles. The molecular formula is C29H32Cl2N2O2S. The normalized spacial score (nSPS) is 12.6. The van der Waals surface area contributed by atoms with E-state index in [-0.39, 0.29) is 24.4 Å². The van der Waals surface area contributed by atoms with E-state index in [0.717, 1.165) is 22.4 Å². The number of carbonyl (C=O) groups excluding carboxylic acids is 2. The monoisotopic (exact) mass is 542 g/mol. The molecule has 0 aliphatic heterocycles. The van der Waals surface area contributed by atoms with Crippen LogP contribution in [-0.4, -0.2) is 34.6 Å². The molecule has 0 aromatic heterocycles. The second kappa shape index (κ2) is 14.3. The van der Waals surface area contributed by atoms with Crippen molar-refractivity contribution >= 4 is 46.8 Å². The first-order valence-corrected chi connectivity index (χ1v) is 13.9. The Morgan fingerprint density at radius 2 is 1.58 bits per heavy atom. The average Bonchev–Trinajstić information content (AvgIpc) is 2.89. The van der Waals surface area contributed by atoms with Crippen LogP contribution in [0.4, 0.5) is 0 Å². The highest BCUT2D eigenvalue weighted by Gasteiger charge is 2.30. The van der Waals surface area contributed by atoms with E-state index in [1.807, 2.05) is 80.6 Å². The van der Waals surface area contributed by atoms with Gasteiger partial charge < -0.3 is 10.2 Å². The van der Waals surface area contributed by atoms with Crippen molar-refractivity contribution in [3.05, 3.63) is 100 Å². The zero-order valence-corrected chi connectivity index (χ0v) is 23.0. The van der Waals surface area contributed by atoms with Gasteiger partial charge in [0.1, 0.15) is 6.04 Å². The molecule has 0 fully saturated rings. The Bertz CT molecular complexity index is 1130. The van der Waals surface area contributed by atoms with E-state index >= 15 is 0 Å².